The molecule has 0 saturated carbocycles. The van der Waals surface area contributed by atoms with Gasteiger partial charge in [-0.05, 0) is 0 Å². The number of carbonyl (C=O) groups excluding carboxylic acids is 2. The molecular formula is C16H29NO2Sn. The second-order valence-corrected chi connectivity index (χ2v) is 18.4. The van der Waals surface area contributed by atoms with Crippen LogP contribution in [0.25, 0.3) is 0 Å². The van der Waals surface area contributed by atoms with Crippen molar-refractivity contribution >= 4 is 30.5 Å². The summed E-state index contributed by atoms with van der Waals surface area (Å²) in [6.45, 7) is 6.59. The summed E-state index contributed by atoms with van der Waals surface area (Å²) >= 11 is -2.87. The molecule has 0 radical (unpaired) electrons. The van der Waals surface area contributed by atoms with Crippen LogP contribution >= 0.6 is 0 Å². The molecule has 4 heteroatoms. The van der Waals surface area contributed by atoms with Gasteiger partial charge in [-0.3, -0.25) is 0 Å². The fourth-order valence-electron chi connectivity index (χ4n) is 3.10. The molecule has 114 valence electrons. The fraction of sp³-hybridized carbons (Fsp3) is 0.750. The number of nitrogens with zero attached hydrogens (tertiary/aromatic N) is 1. The van der Waals surface area contributed by atoms with Gasteiger partial charge in [0, 0.05) is 0 Å². The zero-order chi connectivity index (χ0) is 15.0. The third-order valence-corrected chi connectivity index (χ3v) is 19.2. The first-order valence-electron chi connectivity index (χ1n) is 8.17. The Morgan fingerprint density at radius 2 is 1.15 bits per heavy atom. The molecule has 1 heterocycles. The van der Waals surface area contributed by atoms with Gasteiger partial charge in [-0.1, -0.05) is 0 Å². The molecule has 0 unspecified atom stereocenters. The van der Waals surface area contributed by atoms with E-state index >= 15 is 0 Å². The number of imide groups is 1. The molecule has 0 aromatic heterocycles. The van der Waals surface area contributed by atoms with Gasteiger partial charge >= 0.3 is 128 Å². The number of unbranched alkanes of at least 4 members (excludes halogenated alkanes) is 3. The maximum absolute atomic E-state index is 12.2. The third-order valence-electron chi connectivity index (χ3n) is 4.27. The zero-order valence-corrected chi connectivity index (χ0v) is 16.1. The summed E-state index contributed by atoms with van der Waals surface area (Å²) in [7, 11) is 0. The van der Waals surface area contributed by atoms with Crippen LogP contribution in [-0.4, -0.2) is 33.6 Å². The number of carbonyl (C=O) groups is 2. The van der Waals surface area contributed by atoms with E-state index in [1.807, 2.05) is 0 Å². The molecule has 0 fully saturated rings. The molecule has 1 aliphatic heterocycles. The van der Waals surface area contributed by atoms with Crippen molar-refractivity contribution in [3.8, 4) is 0 Å². The van der Waals surface area contributed by atoms with E-state index in [0.29, 0.717) is 0 Å². The number of rotatable bonds is 10. The molecule has 0 aliphatic carbocycles. The standard InChI is InChI=1S/C4H3NO2.3C4H9.Sn/c6-3-1-2-4(7)5-3;3*1-3-4-2;/h1-2H,(H,5,6,7);3*1,3-4H2,2H3;/q;;;;+1/p-1. The summed E-state index contributed by atoms with van der Waals surface area (Å²) in [5.74, 6) is -0.0387. The van der Waals surface area contributed by atoms with Crippen molar-refractivity contribution in [3.63, 3.8) is 0 Å². The van der Waals surface area contributed by atoms with Crippen molar-refractivity contribution in [1.82, 2.24) is 3.12 Å². The van der Waals surface area contributed by atoms with Crippen LogP contribution in [0.5, 0.6) is 0 Å². The van der Waals surface area contributed by atoms with Crippen molar-refractivity contribution in [2.45, 2.75) is 72.6 Å². The number of hydrogen-bond acceptors (Lipinski definition) is 2. The van der Waals surface area contributed by atoms with Gasteiger partial charge in [0.2, 0.25) is 0 Å². The minimum absolute atomic E-state index is 0.0193. The summed E-state index contributed by atoms with van der Waals surface area (Å²) in [6.07, 6.45) is 9.93. The molecule has 0 N–H and O–H groups in total. The molecule has 0 aromatic rings. The Morgan fingerprint density at radius 1 is 0.800 bits per heavy atom. The molecule has 0 atom stereocenters. The van der Waals surface area contributed by atoms with Crippen LogP contribution in [0, 0.1) is 0 Å². The van der Waals surface area contributed by atoms with E-state index in [1.165, 1.54) is 31.4 Å². The van der Waals surface area contributed by atoms with E-state index in [-0.39, 0.29) is 11.8 Å². The van der Waals surface area contributed by atoms with Gasteiger partial charge in [0.25, 0.3) is 0 Å². The number of amides is 2. The Kier molecular flexibility index (Phi) is 7.85. The van der Waals surface area contributed by atoms with Crippen molar-refractivity contribution in [1.29, 1.82) is 0 Å². The van der Waals surface area contributed by atoms with E-state index < -0.39 is 18.7 Å². The van der Waals surface area contributed by atoms with Crippen LogP contribution in [0.2, 0.25) is 13.3 Å². The molecule has 0 bridgehead atoms. The van der Waals surface area contributed by atoms with E-state index in [0.717, 1.165) is 32.6 Å². The molecular weight excluding hydrogens is 357 g/mol. The van der Waals surface area contributed by atoms with Gasteiger partial charge in [0.05, 0.1) is 0 Å². The van der Waals surface area contributed by atoms with Gasteiger partial charge in [-0.15, -0.1) is 0 Å². The molecule has 0 aromatic carbocycles. The van der Waals surface area contributed by atoms with Crippen molar-refractivity contribution < 1.29 is 9.59 Å². The summed E-state index contributed by atoms with van der Waals surface area (Å²) in [4.78, 5) is 24.4. The fourth-order valence-corrected chi connectivity index (χ4v) is 18.9. The van der Waals surface area contributed by atoms with Gasteiger partial charge in [-0.2, -0.15) is 0 Å². The Morgan fingerprint density at radius 3 is 1.45 bits per heavy atom. The zero-order valence-electron chi connectivity index (χ0n) is 13.3. The van der Waals surface area contributed by atoms with E-state index in [2.05, 4.69) is 20.8 Å². The van der Waals surface area contributed by atoms with Crippen LogP contribution in [0.3, 0.4) is 0 Å². The molecule has 1 aliphatic rings. The van der Waals surface area contributed by atoms with E-state index in [4.69, 9.17) is 0 Å². The molecule has 0 spiro atoms. The summed E-state index contributed by atoms with van der Waals surface area (Å²) in [6, 6.07) is 0. The molecule has 2 amide bonds. The van der Waals surface area contributed by atoms with Crippen molar-refractivity contribution in [3.05, 3.63) is 12.2 Å². The quantitative estimate of drug-likeness (QED) is 0.416. The van der Waals surface area contributed by atoms with Crippen LogP contribution in [0.15, 0.2) is 12.2 Å². The van der Waals surface area contributed by atoms with E-state index in [9.17, 15) is 9.59 Å². The molecule has 20 heavy (non-hydrogen) atoms. The Hall–Kier alpha value is -0.321. The normalized spacial score (nSPS) is 15.4. The molecule has 0 saturated heterocycles. The predicted molar refractivity (Wildman–Crippen MR) is 85.9 cm³/mol. The van der Waals surface area contributed by atoms with Crippen LogP contribution in [0.4, 0.5) is 0 Å². The predicted octanol–water partition coefficient (Wildman–Crippen LogP) is 4.26. The van der Waals surface area contributed by atoms with Crippen molar-refractivity contribution in [2.75, 3.05) is 0 Å². The summed E-state index contributed by atoms with van der Waals surface area (Å²) < 4.78 is 5.24. The second kappa shape index (κ2) is 8.85. The monoisotopic (exact) mass is 387 g/mol. The van der Waals surface area contributed by atoms with Gasteiger partial charge < -0.3 is 0 Å². The first-order chi connectivity index (χ1) is 9.61. The summed E-state index contributed by atoms with van der Waals surface area (Å²) in [5.41, 5.74) is 0. The second-order valence-electron chi connectivity index (χ2n) is 5.88. The van der Waals surface area contributed by atoms with E-state index in [1.54, 1.807) is 3.12 Å². The van der Waals surface area contributed by atoms with Gasteiger partial charge in [0.15, 0.2) is 0 Å². The first kappa shape index (κ1) is 17.7. The number of hydrogen-bond donors (Lipinski definition) is 0. The maximum atomic E-state index is 12.2. The van der Waals surface area contributed by atoms with Crippen LogP contribution in [0.1, 0.15) is 59.3 Å². The average Bonchev–Trinajstić information content (AvgIpc) is 2.79. The first-order valence-corrected chi connectivity index (χ1v) is 15.5. The van der Waals surface area contributed by atoms with Gasteiger partial charge in [-0.25, -0.2) is 0 Å². The molecule has 3 nitrogen and oxygen atoms in total. The van der Waals surface area contributed by atoms with Crippen LogP contribution in [-0.2, 0) is 9.59 Å². The molecule has 1 rings (SSSR count). The topological polar surface area (TPSA) is 37.4 Å². The Labute approximate surface area is 128 Å². The van der Waals surface area contributed by atoms with Crippen LogP contribution < -0.4 is 0 Å². The average molecular weight is 386 g/mol. The minimum atomic E-state index is -2.87. The Bertz CT molecular complexity index is 326. The summed E-state index contributed by atoms with van der Waals surface area (Å²) in [5, 5.41) is 0. The SMILES string of the molecule is CCC[CH2][Sn]([CH2]CCC)([CH2]CCC)[N]1C(=O)C=CC1=O. The third kappa shape index (κ3) is 4.34. The Balaban J connectivity index is 2.98. The van der Waals surface area contributed by atoms with Gasteiger partial charge in [0.1, 0.15) is 0 Å². The van der Waals surface area contributed by atoms with Crippen molar-refractivity contribution in [2.24, 2.45) is 0 Å².